The van der Waals surface area contributed by atoms with Crippen LogP contribution in [0.1, 0.15) is 25.8 Å². The minimum atomic E-state index is 0. The molecule has 1 fully saturated rings. The summed E-state index contributed by atoms with van der Waals surface area (Å²) >= 11 is 0. The molecule has 0 atom stereocenters. The van der Waals surface area contributed by atoms with Crippen LogP contribution in [0.2, 0.25) is 0 Å². The molecule has 0 bridgehead atoms. The second kappa shape index (κ2) is 13.3. The van der Waals surface area contributed by atoms with E-state index < -0.39 is 0 Å². The lowest BCUT2D eigenvalue weighted by Crippen LogP contribution is -2.56. The molecule has 0 radical (unpaired) electrons. The van der Waals surface area contributed by atoms with Gasteiger partial charge in [0.2, 0.25) is 0 Å². The van der Waals surface area contributed by atoms with E-state index in [9.17, 15) is 0 Å². The van der Waals surface area contributed by atoms with Gasteiger partial charge in [0.05, 0.1) is 13.2 Å². The van der Waals surface area contributed by atoms with Crippen molar-refractivity contribution in [1.82, 2.24) is 20.4 Å². The highest BCUT2D eigenvalue weighted by Gasteiger charge is 2.28. The number of hydrogen-bond donors (Lipinski definition) is 2. The summed E-state index contributed by atoms with van der Waals surface area (Å²) in [6.45, 7) is 12.0. The van der Waals surface area contributed by atoms with Gasteiger partial charge in [0.15, 0.2) is 5.96 Å². The van der Waals surface area contributed by atoms with Crippen LogP contribution >= 0.6 is 24.0 Å². The van der Waals surface area contributed by atoms with Gasteiger partial charge in [-0.15, -0.1) is 24.0 Å². The van der Waals surface area contributed by atoms with E-state index in [1.54, 1.807) is 0 Å². The zero-order chi connectivity index (χ0) is 19.5. The second-order valence-electron chi connectivity index (χ2n) is 7.84. The van der Waals surface area contributed by atoms with E-state index in [4.69, 9.17) is 4.74 Å². The molecule has 0 aliphatic carbocycles. The molecule has 160 valence electrons. The number of benzene rings is 1. The first-order chi connectivity index (χ1) is 13.0. The van der Waals surface area contributed by atoms with Gasteiger partial charge in [0.1, 0.15) is 0 Å². The average Bonchev–Trinajstić information content (AvgIpc) is 2.69. The van der Waals surface area contributed by atoms with Crippen molar-refractivity contribution in [3.63, 3.8) is 0 Å². The zero-order valence-corrected chi connectivity index (χ0v) is 20.2. The number of nitrogens with one attached hydrogen (secondary N) is 2. The van der Waals surface area contributed by atoms with Crippen LogP contribution in [0.4, 0.5) is 0 Å². The molecule has 6 nitrogen and oxygen atoms in total. The minimum absolute atomic E-state index is 0. The average molecular weight is 503 g/mol. The van der Waals surface area contributed by atoms with Crippen LogP contribution < -0.4 is 10.6 Å². The molecule has 1 aliphatic heterocycles. The lowest BCUT2D eigenvalue weighted by atomic mass is 10.0. The summed E-state index contributed by atoms with van der Waals surface area (Å²) in [4.78, 5) is 9.20. The van der Waals surface area contributed by atoms with E-state index in [0.29, 0.717) is 0 Å². The molecule has 2 rings (SSSR count). The van der Waals surface area contributed by atoms with Crippen LogP contribution in [0, 0.1) is 0 Å². The Labute approximate surface area is 188 Å². The molecule has 2 N–H and O–H groups in total. The molecular weight excluding hydrogens is 465 g/mol. The molecule has 1 aromatic rings. The molecule has 28 heavy (non-hydrogen) atoms. The van der Waals surface area contributed by atoms with E-state index in [1.807, 2.05) is 7.05 Å². The highest BCUT2D eigenvalue weighted by atomic mass is 127. The molecule has 1 saturated heterocycles. The number of rotatable bonds is 9. The van der Waals surface area contributed by atoms with Crippen LogP contribution in [0.3, 0.4) is 0 Å². The predicted octanol–water partition coefficient (Wildman–Crippen LogP) is 2.40. The second-order valence-corrected chi connectivity index (χ2v) is 7.84. The Kier molecular flexibility index (Phi) is 12.0. The van der Waals surface area contributed by atoms with E-state index >= 15 is 0 Å². The molecule has 0 aromatic heterocycles. The van der Waals surface area contributed by atoms with Gasteiger partial charge in [0, 0.05) is 45.3 Å². The van der Waals surface area contributed by atoms with Crippen LogP contribution in [-0.2, 0) is 11.3 Å². The number of ether oxygens (including phenoxy) is 1. The van der Waals surface area contributed by atoms with Gasteiger partial charge >= 0.3 is 0 Å². The van der Waals surface area contributed by atoms with E-state index in [2.05, 4.69) is 76.7 Å². The molecular formula is C21H38IN5O. The van der Waals surface area contributed by atoms with Crippen molar-refractivity contribution in [2.24, 2.45) is 4.99 Å². The highest BCUT2D eigenvalue weighted by molar-refractivity contribution is 14.0. The summed E-state index contributed by atoms with van der Waals surface area (Å²) in [5, 5.41) is 6.91. The monoisotopic (exact) mass is 503 g/mol. The molecule has 0 spiro atoms. The fourth-order valence-corrected chi connectivity index (χ4v) is 3.33. The molecule has 0 amide bonds. The Morgan fingerprint density at radius 3 is 2.50 bits per heavy atom. The molecule has 0 saturated carbocycles. The first kappa shape index (κ1) is 25.1. The molecule has 1 aromatic carbocycles. The van der Waals surface area contributed by atoms with Crippen molar-refractivity contribution in [2.45, 2.75) is 32.4 Å². The highest BCUT2D eigenvalue weighted by Crippen LogP contribution is 2.14. The fraction of sp³-hybridized carbons (Fsp3) is 0.667. The van der Waals surface area contributed by atoms with Gasteiger partial charge in [-0.25, -0.2) is 0 Å². The van der Waals surface area contributed by atoms with Crippen LogP contribution in [0.5, 0.6) is 0 Å². The SMILES string of the molecule is CN=C(NCCCN(C)Cc1ccccc1)NCC(C)(C)N1CCOCC1.I. The predicted molar refractivity (Wildman–Crippen MR) is 129 cm³/mol. The summed E-state index contributed by atoms with van der Waals surface area (Å²) in [5.41, 5.74) is 1.44. The van der Waals surface area contributed by atoms with Crippen molar-refractivity contribution in [1.29, 1.82) is 0 Å². The number of hydrogen-bond acceptors (Lipinski definition) is 4. The van der Waals surface area contributed by atoms with Crippen LogP contribution in [0.25, 0.3) is 0 Å². The zero-order valence-electron chi connectivity index (χ0n) is 17.9. The first-order valence-electron chi connectivity index (χ1n) is 10.0. The quantitative estimate of drug-likeness (QED) is 0.235. The molecule has 7 heteroatoms. The van der Waals surface area contributed by atoms with Crippen LogP contribution in [-0.4, -0.2) is 81.3 Å². The van der Waals surface area contributed by atoms with Gasteiger partial charge < -0.3 is 20.3 Å². The topological polar surface area (TPSA) is 52.1 Å². The van der Waals surface area contributed by atoms with Gasteiger partial charge in [-0.05, 0) is 39.4 Å². The van der Waals surface area contributed by atoms with Crippen molar-refractivity contribution in [3.05, 3.63) is 35.9 Å². The van der Waals surface area contributed by atoms with Gasteiger partial charge in [-0.2, -0.15) is 0 Å². The lowest BCUT2D eigenvalue weighted by Gasteiger charge is -2.41. The summed E-state index contributed by atoms with van der Waals surface area (Å²) in [5.74, 6) is 0.877. The number of morpholine rings is 1. The molecule has 1 heterocycles. The van der Waals surface area contributed by atoms with Crippen molar-refractivity contribution < 1.29 is 4.74 Å². The maximum Gasteiger partial charge on any atom is 0.191 e. The van der Waals surface area contributed by atoms with Gasteiger partial charge in [-0.1, -0.05) is 30.3 Å². The minimum Gasteiger partial charge on any atom is -0.379 e. The number of aliphatic imine (C=N–C) groups is 1. The van der Waals surface area contributed by atoms with Crippen LogP contribution in [0.15, 0.2) is 35.3 Å². The number of guanidine groups is 1. The third-order valence-electron chi connectivity index (χ3n) is 5.08. The first-order valence-corrected chi connectivity index (χ1v) is 10.0. The van der Waals surface area contributed by atoms with E-state index in [0.717, 1.165) is 64.9 Å². The Morgan fingerprint density at radius 1 is 1.18 bits per heavy atom. The molecule has 0 unspecified atom stereocenters. The maximum absolute atomic E-state index is 5.46. The van der Waals surface area contributed by atoms with Crippen molar-refractivity contribution in [2.75, 3.05) is 60.0 Å². The van der Waals surface area contributed by atoms with E-state index in [-0.39, 0.29) is 29.5 Å². The standard InChI is InChI=1S/C21H37N5O.HI/c1-21(2,26-13-15-27-16-14-26)18-24-20(22-3)23-11-8-12-25(4)17-19-9-6-5-7-10-19;/h5-7,9-10H,8,11-18H2,1-4H3,(H2,22,23,24);1H. The summed E-state index contributed by atoms with van der Waals surface area (Å²) in [6.07, 6.45) is 1.08. The van der Waals surface area contributed by atoms with E-state index in [1.165, 1.54) is 5.56 Å². The van der Waals surface area contributed by atoms with Gasteiger partial charge in [-0.3, -0.25) is 9.89 Å². The Morgan fingerprint density at radius 2 is 1.86 bits per heavy atom. The number of halogens is 1. The summed E-state index contributed by atoms with van der Waals surface area (Å²) < 4.78 is 5.46. The third-order valence-corrected chi connectivity index (χ3v) is 5.08. The maximum atomic E-state index is 5.46. The Balaban J connectivity index is 0.00000392. The summed E-state index contributed by atoms with van der Waals surface area (Å²) in [7, 11) is 4.00. The third kappa shape index (κ3) is 9.07. The van der Waals surface area contributed by atoms with Crippen molar-refractivity contribution in [3.8, 4) is 0 Å². The smallest absolute Gasteiger partial charge is 0.191 e. The largest absolute Gasteiger partial charge is 0.379 e. The molecule has 1 aliphatic rings. The van der Waals surface area contributed by atoms with Gasteiger partial charge in [0.25, 0.3) is 0 Å². The van der Waals surface area contributed by atoms with Crippen molar-refractivity contribution >= 4 is 29.9 Å². The fourth-order valence-electron chi connectivity index (χ4n) is 3.33. The summed E-state index contributed by atoms with van der Waals surface area (Å²) in [6, 6.07) is 10.6. The normalized spacial score (nSPS) is 16.0. The number of nitrogens with zero attached hydrogens (tertiary/aromatic N) is 3. The Bertz CT molecular complexity index is 561. The lowest BCUT2D eigenvalue weighted by molar-refractivity contribution is -0.00833. The Hall–Kier alpha value is -0.900.